The van der Waals surface area contributed by atoms with Gasteiger partial charge in [0.2, 0.25) is 0 Å². The van der Waals surface area contributed by atoms with Crippen molar-refractivity contribution in [2.24, 2.45) is 0 Å². The van der Waals surface area contributed by atoms with E-state index in [9.17, 15) is 4.79 Å². The van der Waals surface area contributed by atoms with Gasteiger partial charge in [-0.25, -0.2) is 0 Å². The van der Waals surface area contributed by atoms with Gasteiger partial charge in [-0.2, -0.15) is 0 Å². The van der Waals surface area contributed by atoms with Crippen LogP contribution in [0.25, 0.3) is 0 Å². The Morgan fingerprint density at radius 3 is 2.42 bits per heavy atom. The summed E-state index contributed by atoms with van der Waals surface area (Å²) in [4.78, 5) is 11.0. The minimum Gasteiger partial charge on any atom is -0.480 e. The van der Waals surface area contributed by atoms with Crippen LogP contribution in [0.5, 0.6) is 0 Å². The lowest BCUT2D eigenvalue weighted by Gasteiger charge is -2.15. The topological polar surface area (TPSA) is 46.5 Å². The van der Waals surface area contributed by atoms with Crippen LogP contribution < -0.4 is 0 Å². The fourth-order valence-corrected chi connectivity index (χ4v) is 3.64. The zero-order chi connectivity index (χ0) is 13.9. The Morgan fingerprint density at radius 2 is 1.79 bits per heavy atom. The van der Waals surface area contributed by atoms with Crippen molar-refractivity contribution in [2.45, 2.75) is 76.1 Å². The number of carboxylic acids is 1. The van der Waals surface area contributed by atoms with E-state index in [4.69, 9.17) is 9.84 Å². The quantitative estimate of drug-likeness (QED) is 0.581. The van der Waals surface area contributed by atoms with Crippen LogP contribution in [-0.4, -0.2) is 34.8 Å². The molecule has 0 saturated carbocycles. The zero-order valence-electron chi connectivity index (χ0n) is 12.1. The first-order chi connectivity index (χ1) is 9.25. The van der Waals surface area contributed by atoms with Gasteiger partial charge >= 0.3 is 5.97 Å². The highest BCUT2D eigenvalue weighted by atomic mass is 32.2. The molecule has 1 heterocycles. The Morgan fingerprint density at radius 1 is 1.16 bits per heavy atom. The molecule has 1 saturated heterocycles. The van der Waals surface area contributed by atoms with E-state index in [0.717, 1.165) is 25.2 Å². The van der Waals surface area contributed by atoms with Crippen molar-refractivity contribution in [3.05, 3.63) is 0 Å². The number of aliphatic carboxylic acids is 1. The second kappa shape index (κ2) is 10.6. The molecule has 112 valence electrons. The summed E-state index contributed by atoms with van der Waals surface area (Å²) in [6.45, 7) is 2.97. The lowest BCUT2D eigenvalue weighted by molar-refractivity contribution is -0.139. The van der Waals surface area contributed by atoms with Gasteiger partial charge in [0.15, 0.2) is 0 Å². The van der Waals surface area contributed by atoms with Gasteiger partial charge in [-0.05, 0) is 18.6 Å². The van der Waals surface area contributed by atoms with E-state index in [0.29, 0.717) is 0 Å². The number of ether oxygens (including phenoxy) is 1. The van der Waals surface area contributed by atoms with Crippen molar-refractivity contribution in [3.8, 4) is 0 Å². The number of thioether (sulfide) groups is 1. The Labute approximate surface area is 121 Å². The molecule has 1 N–H and O–H groups in total. The molecule has 0 radical (unpaired) electrons. The van der Waals surface area contributed by atoms with Gasteiger partial charge in [0.05, 0.1) is 6.10 Å². The van der Waals surface area contributed by atoms with Crippen LogP contribution in [0, 0.1) is 0 Å². The van der Waals surface area contributed by atoms with Gasteiger partial charge in [-0.3, -0.25) is 4.79 Å². The standard InChI is InChI=1S/C15H28O3S/c1-2-3-4-5-6-7-8-9-11-18-13-10-12-19-14(13)15(16)17/h13-14H,2-12H2,1H3,(H,16,17). The molecule has 1 aliphatic heterocycles. The molecular weight excluding hydrogens is 260 g/mol. The first-order valence-corrected chi connectivity index (χ1v) is 8.76. The molecule has 3 nitrogen and oxygen atoms in total. The SMILES string of the molecule is CCCCCCCCCCOC1CCSC1C(=O)O. The van der Waals surface area contributed by atoms with Crippen LogP contribution in [0.4, 0.5) is 0 Å². The molecule has 1 fully saturated rings. The summed E-state index contributed by atoms with van der Waals surface area (Å²) in [6.07, 6.45) is 11.1. The number of hydrogen-bond donors (Lipinski definition) is 1. The molecular formula is C15H28O3S. The minimum atomic E-state index is -0.719. The fraction of sp³-hybridized carbons (Fsp3) is 0.933. The minimum absolute atomic E-state index is 0.0629. The summed E-state index contributed by atoms with van der Waals surface area (Å²) in [5.41, 5.74) is 0. The maximum absolute atomic E-state index is 11.0. The molecule has 2 unspecified atom stereocenters. The molecule has 1 rings (SSSR count). The van der Waals surface area contributed by atoms with Crippen molar-refractivity contribution < 1.29 is 14.6 Å². The van der Waals surface area contributed by atoms with E-state index < -0.39 is 5.97 Å². The summed E-state index contributed by atoms with van der Waals surface area (Å²) in [6, 6.07) is 0. The van der Waals surface area contributed by atoms with Gasteiger partial charge in [0.25, 0.3) is 0 Å². The molecule has 19 heavy (non-hydrogen) atoms. The van der Waals surface area contributed by atoms with Crippen molar-refractivity contribution in [3.63, 3.8) is 0 Å². The maximum Gasteiger partial charge on any atom is 0.319 e. The Bertz CT molecular complexity index is 246. The van der Waals surface area contributed by atoms with Crippen LogP contribution in [-0.2, 0) is 9.53 Å². The molecule has 4 heteroatoms. The van der Waals surface area contributed by atoms with Gasteiger partial charge in [-0.15, -0.1) is 11.8 Å². The molecule has 0 amide bonds. The van der Waals surface area contributed by atoms with E-state index in [1.807, 2.05) is 0 Å². The van der Waals surface area contributed by atoms with Crippen LogP contribution in [0.15, 0.2) is 0 Å². The molecule has 0 aromatic heterocycles. The smallest absolute Gasteiger partial charge is 0.319 e. The zero-order valence-corrected chi connectivity index (χ0v) is 12.9. The van der Waals surface area contributed by atoms with Crippen LogP contribution in [0.2, 0.25) is 0 Å². The third kappa shape index (κ3) is 7.21. The highest BCUT2D eigenvalue weighted by Crippen LogP contribution is 2.29. The largest absolute Gasteiger partial charge is 0.480 e. The predicted octanol–water partition coefficient (Wildman–Crippen LogP) is 4.10. The summed E-state index contributed by atoms with van der Waals surface area (Å²) >= 11 is 1.51. The monoisotopic (exact) mass is 288 g/mol. The number of rotatable bonds is 11. The highest BCUT2D eigenvalue weighted by molar-refractivity contribution is 8.00. The van der Waals surface area contributed by atoms with E-state index in [1.165, 1.54) is 56.7 Å². The number of unbranched alkanes of at least 4 members (excludes halogenated alkanes) is 7. The van der Waals surface area contributed by atoms with Crippen LogP contribution in [0.1, 0.15) is 64.7 Å². The van der Waals surface area contributed by atoms with Crippen molar-refractivity contribution >= 4 is 17.7 Å². The molecule has 0 aromatic carbocycles. The Kier molecular flexibility index (Phi) is 9.35. The number of carbonyl (C=O) groups is 1. The molecule has 2 atom stereocenters. The average Bonchev–Trinajstić information content (AvgIpc) is 2.85. The molecule has 0 bridgehead atoms. The van der Waals surface area contributed by atoms with E-state index in [-0.39, 0.29) is 11.4 Å². The first-order valence-electron chi connectivity index (χ1n) is 7.71. The lowest BCUT2D eigenvalue weighted by atomic mass is 10.1. The number of hydrogen-bond acceptors (Lipinski definition) is 3. The second-order valence-corrected chi connectivity index (χ2v) is 6.55. The highest BCUT2D eigenvalue weighted by Gasteiger charge is 2.34. The Hall–Kier alpha value is -0.220. The third-order valence-electron chi connectivity index (χ3n) is 3.61. The molecule has 0 aromatic rings. The summed E-state index contributed by atoms with van der Waals surface area (Å²) in [5.74, 6) is 0.197. The van der Waals surface area contributed by atoms with Crippen molar-refractivity contribution in [1.29, 1.82) is 0 Å². The molecule has 1 aliphatic rings. The predicted molar refractivity (Wildman–Crippen MR) is 80.8 cm³/mol. The van der Waals surface area contributed by atoms with Crippen LogP contribution >= 0.6 is 11.8 Å². The Balaban J connectivity index is 1.92. The fourth-order valence-electron chi connectivity index (χ4n) is 2.44. The van der Waals surface area contributed by atoms with E-state index in [1.54, 1.807) is 0 Å². The van der Waals surface area contributed by atoms with Crippen LogP contribution in [0.3, 0.4) is 0 Å². The second-order valence-electron chi connectivity index (χ2n) is 5.30. The van der Waals surface area contributed by atoms with Gasteiger partial charge in [0, 0.05) is 6.61 Å². The van der Waals surface area contributed by atoms with Crippen molar-refractivity contribution in [1.82, 2.24) is 0 Å². The normalized spacial score (nSPS) is 22.8. The van der Waals surface area contributed by atoms with Gasteiger partial charge in [0.1, 0.15) is 5.25 Å². The number of carboxylic acid groups (broad SMARTS) is 1. The van der Waals surface area contributed by atoms with E-state index >= 15 is 0 Å². The molecule has 0 spiro atoms. The summed E-state index contributed by atoms with van der Waals surface area (Å²) in [7, 11) is 0. The van der Waals surface area contributed by atoms with E-state index in [2.05, 4.69) is 6.92 Å². The third-order valence-corrected chi connectivity index (χ3v) is 4.95. The van der Waals surface area contributed by atoms with Crippen molar-refractivity contribution in [2.75, 3.05) is 12.4 Å². The maximum atomic E-state index is 11.0. The molecule has 0 aliphatic carbocycles. The first kappa shape index (κ1) is 16.8. The summed E-state index contributed by atoms with van der Waals surface area (Å²) in [5, 5.41) is 8.69. The lowest BCUT2D eigenvalue weighted by Crippen LogP contribution is -2.29. The van der Waals surface area contributed by atoms with Gasteiger partial charge < -0.3 is 9.84 Å². The van der Waals surface area contributed by atoms with Gasteiger partial charge in [-0.1, -0.05) is 51.9 Å². The summed E-state index contributed by atoms with van der Waals surface area (Å²) < 4.78 is 5.72. The average molecular weight is 288 g/mol.